The Bertz CT molecular complexity index is 432. The van der Waals surface area contributed by atoms with Gasteiger partial charge in [-0.2, -0.15) is 0 Å². The van der Waals surface area contributed by atoms with Gasteiger partial charge in [0.25, 0.3) is 0 Å². The lowest BCUT2D eigenvalue weighted by Crippen LogP contribution is -2.53. The monoisotopic (exact) mass is 246 g/mol. The first-order valence-corrected chi connectivity index (χ1v) is 7.40. The number of hydrogen-bond acceptors (Lipinski definition) is 2. The zero-order chi connectivity index (χ0) is 12.7. The van der Waals surface area contributed by atoms with Crippen molar-refractivity contribution in [2.45, 2.75) is 45.1 Å². The first-order valence-electron chi connectivity index (χ1n) is 7.40. The fourth-order valence-corrected chi connectivity index (χ4v) is 6.05. The van der Waals surface area contributed by atoms with E-state index in [0.29, 0.717) is 23.2 Å². The number of ether oxygens (including phenoxy) is 1. The molecular weight excluding hydrogens is 224 g/mol. The fraction of sp³-hybridized carbons (Fsp3) is 0.812. The summed E-state index contributed by atoms with van der Waals surface area (Å²) in [5.41, 5.74) is 0.535. The van der Waals surface area contributed by atoms with Gasteiger partial charge < -0.3 is 4.74 Å². The number of esters is 1. The third-order valence-corrected chi connectivity index (χ3v) is 6.77. The van der Waals surface area contributed by atoms with Gasteiger partial charge in [0.2, 0.25) is 0 Å². The van der Waals surface area contributed by atoms with Crippen LogP contribution in [-0.2, 0) is 9.53 Å². The Hall–Kier alpha value is -0.790. The summed E-state index contributed by atoms with van der Waals surface area (Å²) in [6.45, 7) is 8.02. The zero-order valence-corrected chi connectivity index (χ0v) is 11.3. The molecule has 4 saturated carbocycles. The molecule has 4 aliphatic rings. The second-order valence-corrected chi connectivity index (χ2v) is 7.35. The van der Waals surface area contributed by atoms with Crippen molar-refractivity contribution in [1.29, 1.82) is 0 Å². The molecule has 0 heterocycles. The molecule has 4 fully saturated rings. The molecule has 2 heteroatoms. The molecule has 0 aliphatic heterocycles. The number of carbonyl (C=O) groups is 1. The summed E-state index contributed by atoms with van der Waals surface area (Å²) in [7, 11) is 0. The quantitative estimate of drug-likeness (QED) is 0.565. The van der Waals surface area contributed by atoms with Crippen LogP contribution in [0.5, 0.6) is 0 Å². The minimum Gasteiger partial charge on any atom is -0.455 e. The van der Waals surface area contributed by atoms with E-state index in [1.807, 2.05) is 0 Å². The topological polar surface area (TPSA) is 26.3 Å². The van der Waals surface area contributed by atoms with Crippen LogP contribution in [0.3, 0.4) is 0 Å². The molecule has 0 aromatic heterocycles. The van der Waals surface area contributed by atoms with Gasteiger partial charge in [-0.15, -0.1) is 0 Å². The highest BCUT2D eigenvalue weighted by molar-refractivity contribution is 5.81. The average Bonchev–Trinajstić information content (AvgIpc) is 3.01. The van der Waals surface area contributed by atoms with Crippen LogP contribution >= 0.6 is 0 Å². The van der Waals surface area contributed by atoms with Crippen LogP contribution in [0, 0.1) is 35.0 Å². The smallest absolute Gasteiger partial charge is 0.330 e. The molecule has 6 atom stereocenters. The van der Waals surface area contributed by atoms with Crippen LogP contribution in [0.15, 0.2) is 12.7 Å². The Balaban J connectivity index is 1.72. The lowest BCUT2D eigenvalue weighted by Gasteiger charge is -2.50. The third-order valence-electron chi connectivity index (χ3n) is 6.77. The van der Waals surface area contributed by atoms with Gasteiger partial charge in [-0.3, -0.25) is 0 Å². The van der Waals surface area contributed by atoms with E-state index in [1.54, 1.807) is 0 Å². The summed E-state index contributed by atoms with van der Waals surface area (Å²) >= 11 is 0. The molecule has 98 valence electrons. The minimum atomic E-state index is -0.217. The van der Waals surface area contributed by atoms with Crippen LogP contribution in [-0.4, -0.2) is 11.6 Å². The summed E-state index contributed by atoms with van der Waals surface area (Å²) in [5, 5.41) is 0. The average molecular weight is 246 g/mol. The predicted molar refractivity (Wildman–Crippen MR) is 68.7 cm³/mol. The third kappa shape index (κ3) is 0.972. The fourth-order valence-electron chi connectivity index (χ4n) is 6.05. The minimum absolute atomic E-state index is 0.172. The number of rotatable bonds is 3. The van der Waals surface area contributed by atoms with E-state index in [1.165, 1.54) is 31.8 Å². The van der Waals surface area contributed by atoms with Crippen LogP contribution in [0.4, 0.5) is 0 Å². The first kappa shape index (κ1) is 11.1. The van der Waals surface area contributed by atoms with E-state index < -0.39 is 0 Å². The molecule has 0 aromatic rings. The van der Waals surface area contributed by atoms with E-state index in [-0.39, 0.29) is 11.6 Å². The Morgan fingerprint density at radius 1 is 1.28 bits per heavy atom. The number of fused-ring (bicyclic) bond motifs is 1. The lowest BCUT2D eigenvalue weighted by molar-refractivity contribution is -0.180. The molecule has 0 saturated heterocycles. The lowest BCUT2D eigenvalue weighted by atomic mass is 9.58. The van der Waals surface area contributed by atoms with Gasteiger partial charge in [-0.05, 0) is 54.8 Å². The maximum absolute atomic E-state index is 11.8. The standard InChI is InChI=1S/C16H22O2/c1-4-14(17)18-16(9(2)3)10-5-11-7-15(11)8-13(16)12(15)6-10/h4,9-13H,1,5-8H2,2-3H3. The summed E-state index contributed by atoms with van der Waals surface area (Å²) in [5.74, 6) is 3.28. The first-order chi connectivity index (χ1) is 8.54. The van der Waals surface area contributed by atoms with Crippen molar-refractivity contribution in [3.63, 3.8) is 0 Å². The molecule has 0 N–H and O–H groups in total. The molecule has 6 unspecified atom stereocenters. The normalized spacial score (nSPS) is 54.6. The highest BCUT2D eigenvalue weighted by atomic mass is 16.6. The molecule has 2 bridgehead atoms. The molecule has 1 spiro atoms. The van der Waals surface area contributed by atoms with E-state index >= 15 is 0 Å². The molecule has 2 nitrogen and oxygen atoms in total. The summed E-state index contributed by atoms with van der Waals surface area (Å²) in [4.78, 5) is 11.8. The van der Waals surface area contributed by atoms with E-state index in [4.69, 9.17) is 4.74 Å². The van der Waals surface area contributed by atoms with Gasteiger partial charge in [-0.1, -0.05) is 20.4 Å². The van der Waals surface area contributed by atoms with Crippen molar-refractivity contribution in [3.8, 4) is 0 Å². The largest absolute Gasteiger partial charge is 0.455 e. The van der Waals surface area contributed by atoms with E-state index in [2.05, 4.69) is 20.4 Å². The van der Waals surface area contributed by atoms with Gasteiger partial charge >= 0.3 is 5.97 Å². The van der Waals surface area contributed by atoms with Crippen LogP contribution < -0.4 is 0 Å². The molecular formula is C16H22O2. The van der Waals surface area contributed by atoms with Crippen LogP contribution in [0.25, 0.3) is 0 Å². The highest BCUT2D eigenvalue weighted by Gasteiger charge is 2.80. The molecule has 0 aromatic carbocycles. The molecule has 0 radical (unpaired) electrons. The summed E-state index contributed by atoms with van der Waals surface area (Å²) in [6, 6.07) is 0. The van der Waals surface area contributed by atoms with Gasteiger partial charge in [0.1, 0.15) is 5.60 Å². The van der Waals surface area contributed by atoms with Crippen molar-refractivity contribution in [2.75, 3.05) is 0 Å². The Kier molecular flexibility index (Phi) is 1.86. The van der Waals surface area contributed by atoms with Crippen molar-refractivity contribution >= 4 is 5.97 Å². The van der Waals surface area contributed by atoms with Gasteiger partial charge in [0.15, 0.2) is 0 Å². The number of hydrogen-bond donors (Lipinski definition) is 0. The van der Waals surface area contributed by atoms with E-state index in [9.17, 15) is 4.79 Å². The van der Waals surface area contributed by atoms with Gasteiger partial charge in [0, 0.05) is 12.0 Å². The van der Waals surface area contributed by atoms with E-state index in [0.717, 1.165) is 11.8 Å². The Morgan fingerprint density at radius 2 is 2.06 bits per heavy atom. The van der Waals surface area contributed by atoms with Crippen LogP contribution in [0.1, 0.15) is 39.5 Å². The van der Waals surface area contributed by atoms with Crippen molar-refractivity contribution < 1.29 is 9.53 Å². The van der Waals surface area contributed by atoms with Gasteiger partial charge in [-0.25, -0.2) is 4.79 Å². The zero-order valence-electron chi connectivity index (χ0n) is 11.3. The molecule has 18 heavy (non-hydrogen) atoms. The van der Waals surface area contributed by atoms with Crippen LogP contribution in [0.2, 0.25) is 0 Å². The molecule has 4 aliphatic carbocycles. The van der Waals surface area contributed by atoms with Crippen molar-refractivity contribution in [3.05, 3.63) is 12.7 Å². The highest BCUT2D eigenvalue weighted by Crippen LogP contribution is 2.84. The predicted octanol–water partition coefficient (Wildman–Crippen LogP) is 3.18. The number of carbonyl (C=O) groups excluding carboxylic acids is 1. The maximum atomic E-state index is 11.8. The van der Waals surface area contributed by atoms with Crippen molar-refractivity contribution in [2.24, 2.45) is 35.0 Å². The Labute approximate surface area is 109 Å². The Morgan fingerprint density at radius 3 is 2.72 bits per heavy atom. The summed E-state index contributed by atoms with van der Waals surface area (Å²) in [6.07, 6.45) is 6.73. The van der Waals surface area contributed by atoms with Gasteiger partial charge in [0.05, 0.1) is 0 Å². The maximum Gasteiger partial charge on any atom is 0.330 e. The van der Waals surface area contributed by atoms with Crippen molar-refractivity contribution in [1.82, 2.24) is 0 Å². The second-order valence-electron chi connectivity index (χ2n) is 7.35. The molecule has 4 rings (SSSR count). The SMILES string of the molecule is C=CC(=O)OC1(C(C)C)C2CC3CC34CC1C4C2. The molecule has 0 amide bonds. The second kappa shape index (κ2) is 3.02. The summed E-state index contributed by atoms with van der Waals surface area (Å²) < 4.78 is 5.98.